The molecule has 1 aromatic carbocycles. The van der Waals surface area contributed by atoms with E-state index in [1.54, 1.807) is 0 Å². The lowest BCUT2D eigenvalue weighted by Crippen LogP contribution is -1.97. The monoisotopic (exact) mass is 225 g/mol. The lowest BCUT2D eigenvalue weighted by Gasteiger charge is -2.15. The van der Waals surface area contributed by atoms with Crippen molar-refractivity contribution in [3.8, 4) is 11.3 Å². The molecule has 0 aliphatic rings. The Hall–Kier alpha value is -1.63. The molecule has 0 radical (unpaired) electrons. The molecule has 1 unspecified atom stereocenters. The van der Waals surface area contributed by atoms with Crippen molar-refractivity contribution in [2.24, 2.45) is 0 Å². The Bertz CT molecular complexity index is 488. The first-order valence-electron chi connectivity index (χ1n) is 6.24. The summed E-state index contributed by atoms with van der Waals surface area (Å²) in [5.41, 5.74) is 5.07. The predicted octanol–water partition coefficient (Wildman–Crippen LogP) is 4.57. The number of nitrogens with zero attached hydrogens (tertiary/aromatic N) is 1. The molecule has 0 saturated heterocycles. The molecule has 0 N–H and O–H groups in total. The molecule has 0 saturated carbocycles. The van der Waals surface area contributed by atoms with Crippen molar-refractivity contribution in [3.05, 3.63) is 53.7 Å². The van der Waals surface area contributed by atoms with Crippen LogP contribution in [0.2, 0.25) is 0 Å². The van der Waals surface area contributed by atoms with Crippen LogP contribution >= 0.6 is 0 Å². The maximum absolute atomic E-state index is 4.46. The van der Waals surface area contributed by atoms with E-state index in [0.717, 1.165) is 12.1 Å². The second-order valence-corrected chi connectivity index (χ2v) is 4.61. The highest BCUT2D eigenvalue weighted by Crippen LogP contribution is 2.30. The van der Waals surface area contributed by atoms with Crippen molar-refractivity contribution in [2.75, 3.05) is 0 Å². The van der Waals surface area contributed by atoms with Crippen LogP contribution in [0.15, 0.2) is 42.6 Å². The summed E-state index contributed by atoms with van der Waals surface area (Å²) in [6, 6.07) is 12.7. The van der Waals surface area contributed by atoms with E-state index in [9.17, 15) is 0 Å². The van der Waals surface area contributed by atoms with Crippen LogP contribution in [0.1, 0.15) is 37.3 Å². The third-order valence-electron chi connectivity index (χ3n) is 3.29. The van der Waals surface area contributed by atoms with Crippen molar-refractivity contribution >= 4 is 0 Å². The van der Waals surface area contributed by atoms with Gasteiger partial charge < -0.3 is 0 Å². The van der Waals surface area contributed by atoms with Crippen LogP contribution < -0.4 is 0 Å². The Morgan fingerprint density at radius 3 is 2.65 bits per heavy atom. The van der Waals surface area contributed by atoms with Crippen molar-refractivity contribution in [1.29, 1.82) is 0 Å². The molecule has 88 valence electrons. The van der Waals surface area contributed by atoms with Crippen molar-refractivity contribution < 1.29 is 0 Å². The summed E-state index contributed by atoms with van der Waals surface area (Å²) < 4.78 is 0. The molecule has 1 nitrogen and oxygen atoms in total. The quantitative estimate of drug-likeness (QED) is 0.745. The van der Waals surface area contributed by atoms with Crippen molar-refractivity contribution in [2.45, 2.75) is 33.1 Å². The minimum atomic E-state index is 0.576. The topological polar surface area (TPSA) is 12.9 Å². The summed E-state index contributed by atoms with van der Waals surface area (Å²) in [7, 11) is 0. The van der Waals surface area contributed by atoms with Gasteiger partial charge in [-0.1, -0.05) is 43.7 Å². The first-order valence-corrected chi connectivity index (χ1v) is 6.24. The average Bonchev–Trinajstić information content (AvgIpc) is 2.38. The van der Waals surface area contributed by atoms with Crippen LogP contribution in [0.25, 0.3) is 11.3 Å². The number of benzene rings is 1. The zero-order valence-corrected chi connectivity index (χ0v) is 10.8. The Balaban J connectivity index is 2.54. The summed E-state index contributed by atoms with van der Waals surface area (Å²) in [5.74, 6) is 0.576. The Labute approximate surface area is 104 Å². The van der Waals surface area contributed by atoms with Crippen molar-refractivity contribution in [3.63, 3.8) is 0 Å². The molecule has 1 atom stereocenters. The largest absolute Gasteiger partial charge is 0.256 e. The van der Waals surface area contributed by atoms with Gasteiger partial charge in [-0.25, -0.2) is 0 Å². The summed E-state index contributed by atoms with van der Waals surface area (Å²) >= 11 is 0. The summed E-state index contributed by atoms with van der Waals surface area (Å²) in [6.07, 6.45) is 3.01. The fourth-order valence-electron chi connectivity index (χ4n) is 2.07. The van der Waals surface area contributed by atoms with E-state index in [-0.39, 0.29) is 0 Å². The number of pyridine rings is 1. The number of hydrogen-bond donors (Lipinski definition) is 0. The number of aryl methyl sites for hydroxylation is 1. The number of aromatic nitrogens is 1. The van der Waals surface area contributed by atoms with Gasteiger partial charge in [-0.2, -0.15) is 0 Å². The van der Waals surface area contributed by atoms with Crippen LogP contribution in [-0.4, -0.2) is 4.98 Å². The molecule has 0 spiro atoms. The number of hydrogen-bond acceptors (Lipinski definition) is 1. The fourth-order valence-corrected chi connectivity index (χ4v) is 2.07. The van der Waals surface area contributed by atoms with Crippen LogP contribution in [0.3, 0.4) is 0 Å². The molecule has 0 amide bonds. The van der Waals surface area contributed by atoms with Gasteiger partial charge in [0.15, 0.2) is 0 Å². The van der Waals surface area contributed by atoms with E-state index < -0.39 is 0 Å². The summed E-state index contributed by atoms with van der Waals surface area (Å²) in [4.78, 5) is 4.46. The van der Waals surface area contributed by atoms with Gasteiger partial charge in [0.1, 0.15) is 0 Å². The van der Waals surface area contributed by atoms with Gasteiger partial charge in [0.25, 0.3) is 0 Å². The number of rotatable bonds is 3. The molecule has 0 bridgehead atoms. The fraction of sp³-hybridized carbons (Fsp3) is 0.312. The average molecular weight is 225 g/mol. The molecule has 0 fully saturated rings. The maximum Gasteiger partial charge on any atom is 0.0704 e. The zero-order valence-electron chi connectivity index (χ0n) is 10.8. The predicted molar refractivity (Wildman–Crippen MR) is 73.1 cm³/mol. The maximum atomic E-state index is 4.46. The molecule has 1 aromatic heterocycles. The molecule has 17 heavy (non-hydrogen) atoms. The minimum Gasteiger partial charge on any atom is -0.256 e. The zero-order chi connectivity index (χ0) is 12.3. The van der Waals surface area contributed by atoms with E-state index in [0.29, 0.717) is 5.92 Å². The van der Waals surface area contributed by atoms with Crippen LogP contribution in [0, 0.1) is 6.92 Å². The van der Waals surface area contributed by atoms with Crippen molar-refractivity contribution in [1.82, 2.24) is 4.98 Å². The molecule has 2 aromatic rings. The molecule has 1 heteroatoms. The van der Waals surface area contributed by atoms with Gasteiger partial charge in [0.2, 0.25) is 0 Å². The lowest BCUT2D eigenvalue weighted by atomic mass is 9.90. The second-order valence-electron chi connectivity index (χ2n) is 4.61. The van der Waals surface area contributed by atoms with E-state index in [1.807, 2.05) is 18.3 Å². The summed E-state index contributed by atoms with van der Waals surface area (Å²) in [5, 5.41) is 0. The lowest BCUT2D eigenvalue weighted by molar-refractivity contribution is 0.734. The van der Waals surface area contributed by atoms with Gasteiger partial charge >= 0.3 is 0 Å². The molecule has 0 aliphatic carbocycles. The first-order chi connectivity index (χ1) is 8.22. The second kappa shape index (κ2) is 5.13. The molecular weight excluding hydrogens is 206 g/mol. The van der Waals surface area contributed by atoms with Gasteiger partial charge in [0, 0.05) is 11.8 Å². The van der Waals surface area contributed by atoms with E-state index >= 15 is 0 Å². The minimum absolute atomic E-state index is 0.576. The molecule has 0 aliphatic heterocycles. The van der Waals surface area contributed by atoms with Crippen LogP contribution in [0.4, 0.5) is 0 Å². The smallest absolute Gasteiger partial charge is 0.0704 e. The Morgan fingerprint density at radius 1 is 1.18 bits per heavy atom. The molecule has 1 heterocycles. The van der Waals surface area contributed by atoms with Gasteiger partial charge in [-0.3, -0.25) is 4.98 Å². The SMILES string of the molecule is CCC(C)c1cc(C)ccc1-c1ccccn1. The van der Waals surface area contributed by atoms with Gasteiger partial charge in [-0.15, -0.1) is 0 Å². The molecule has 2 rings (SSSR count). The highest BCUT2D eigenvalue weighted by molar-refractivity contribution is 5.65. The third-order valence-corrected chi connectivity index (χ3v) is 3.29. The highest BCUT2D eigenvalue weighted by atomic mass is 14.7. The van der Waals surface area contributed by atoms with Crippen LogP contribution in [0.5, 0.6) is 0 Å². The van der Waals surface area contributed by atoms with Gasteiger partial charge in [0.05, 0.1) is 5.69 Å². The van der Waals surface area contributed by atoms with E-state index in [2.05, 4.69) is 50.0 Å². The Morgan fingerprint density at radius 2 is 2.00 bits per heavy atom. The van der Waals surface area contributed by atoms with Gasteiger partial charge in [-0.05, 0) is 37.0 Å². The highest BCUT2D eigenvalue weighted by Gasteiger charge is 2.11. The third kappa shape index (κ3) is 2.55. The Kier molecular flexibility index (Phi) is 3.58. The normalized spacial score (nSPS) is 12.4. The van der Waals surface area contributed by atoms with Crippen LogP contribution in [-0.2, 0) is 0 Å². The standard InChI is InChI=1S/C16H19N/c1-4-13(3)15-11-12(2)8-9-14(15)16-7-5-6-10-17-16/h5-11,13H,4H2,1-3H3. The first kappa shape index (κ1) is 11.8. The summed E-state index contributed by atoms with van der Waals surface area (Å²) in [6.45, 7) is 6.66. The van der Waals surface area contributed by atoms with E-state index in [4.69, 9.17) is 0 Å². The van der Waals surface area contributed by atoms with E-state index in [1.165, 1.54) is 16.7 Å². The molecular formula is C16H19N.